The maximum absolute atomic E-state index is 11.3. The maximum Gasteiger partial charge on any atom is 0.161 e. The molecule has 0 fully saturated rings. The first-order valence-electron chi connectivity index (χ1n) is 5.70. The van der Waals surface area contributed by atoms with Gasteiger partial charge in [-0.1, -0.05) is 34.8 Å². The zero-order valence-electron chi connectivity index (χ0n) is 10.5. The second kappa shape index (κ2) is 5.92. The van der Waals surface area contributed by atoms with E-state index in [0.29, 0.717) is 37.7 Å². The van der Waals surface area contributed by atoms with Crippen LogP contribution in [0.3, 0.4) is 0 Å². The SMILES string of the molecule is CC(=O)c1ccc(Nc2cc(Cl)c(Cl)cc2Cl)cc1N. The van der Waals surface area contributed by atoms with Crippen molar-refractivity contribution in [3.63, 3.8) is 0 Å². The Hall–Kier alpha value is -1.42. The van der Waals surface area contributed by atoms with E-state index in [2.05, 4.69) is 5.32 Å². The van der Waals surface area contributed by atoms with Gasteiger partial charge in [-0.25, -0.2) is 0 Å². The Morgan fingerprint density at radius 1 is 1.05 bits per heavy atom. The number of Topliss-reactive ketones (excluding diaryl/α,β-unsaturated/α-hetero) is 1. The highest BCUT2D eigenvalue weighted by Gasteiger charge is 2.09. The number of nitrogens with one attached hydrogen (secondary N) is 1. The minimum absolute atomic E-state index is 0.0818. The van der Waals surface area contributed by atoms with Gasteiger partial charge in [-0.2, -0.15) is 0 Å². The molecule has 2 aromatic rings. The number of hydrogen-bond acceptors (Lipinski definition) is 3. The molecule has 0 unspecified atom stereocenters. The summed E-state index contributed by atoms with van der Waals surface area (Å²) in [6, 6.07) is 8.25. The average molecular weight is 330 g/mol. The summed E-state index contributed by atoms with van der Waals surface area (Å²) in [7, 11) is 0. The summed E-state index contributed by atoms with van der Waals surface area (Å²) in [5.41, 5.74) is 8.02. The molecule has 0 radical (unpaired) electrons. The van der Waals surface area contributed by atoms with E-state index < -0.39 is 0 Å². The topological polar surface area (TPSA) is 55.1 Å². The highest BCUT2D eigenvalue weighted by atomic mass is 35.5. The van der Waals surface area contributed by atoms with Crippen LogP contribution in [0.4, 0.5) is 17.1 Å². The number of nitrogen functional groups attached to an aromatic ring is 1. The fourth-order valence-corrected chi connectivity index (χ4v) is 2.33. The molecule has 0 aliphatic heterocycles. The van der Waals surface area contributed by atoms with E-state index in [1.165, 1.54) is 6.92 Å². The fourth-order valence-electron chi connectivity index (χ4n) is 1.73. The molecule has 0 aromatic heterocycles. The van der Waals surface area contributed by atoms with Crippen molar-refractivity contribution in [2.75, 3.05) is 11.1 Å². The van der Waals surface area contributed by atoms with Gasteiger partial charge < -0.3 is 11.1 Å². The molecule has 2 rings (SSSR count). The number of carbonyl (C=O) groups is 1. The number of anilines is 3. The van der Waals surface area contributed by atoms with E-state index in [9.17, 15) is 4.79 Å². The Balaban J connectivity index is 2.33. The van der Waals surface area contributed by atoms with Gasteiger partial charge in [0.2, 0.25) is 0 Å². The highest BCUT2D eigenvalue weighted by Crippen LogP contribution is 2.34. The average Bonchev–Trinajstić information content (AvgIpc) is 2.35. The first-order chi connectivity index (χ1) is 9.38. The van der Waals surface area contributed by atoms with Crippen molar-refractivity contribution < 1.29 is 4.79 Å². The van der Waals surface area contributed by atoms with E-state index >= 15 is 0 Å². The summed E-state index contributed by atoms with van der Waals surface area (Å²) in [5, 5.41) is 4.30. The minimum atomic E-state index is -0.0818. The predicted molar refractivity (Wildman–Crippen MR) is 85.6 cm³/mol. The highest BCUT2D eigenvalue weighted by molar-refractivity contribution is 6.44. The number of benzene rings is 2. The molecular weight excluding hydrogens is 319 g/mol. The summed E-state index contributed by atoms with van der Waals surface area (Å²) in [6.07, 6.45) is 0. The van der Waals surface area contributed by atoms with E-state index in [-0.39, 0.29) is 5.78 Å². The molecule has 0 saturated heterocycles. The predicted octanol–water partition coefficient (Wildman–Crippen LogP) is 5.18. The summed E-state index contributed by atoms with van der Waals surface area (Å²) in [6.45, 7) is 1.47. The zero-order valence-corrected chi connectivity index (χ0v) is 12.8. The molecule has 0 spiro atoms. The number of rotatable bonds is 3. The summed E-state index contributed by atoms with van der Waals surface area (Å²) < 4.78 is 0. The summed E-state index contributed by atoms with van der Waals surface area (Å²) in [4.78, 5) is 11.3. The van der Waals surface area contributed by atoms with Crippen LogP contribution in [0, 0.1) is 0 Å². The third-order valence-corrected chi connectivity index (χ3v) is 3.75. The van der Waals surface area contributed by atoms with Crippen molar-refractivity contribution in [2.45, 2.75) is 6.92 Å². The van der Waals surface area contributed by atoms with Crippen LogP contribution >= 0.6 is 34.8 Å². The van der Waals surface area contributed by atoms with Gasteiger partial charge in [0, 0.05) is 16.9 Å². The van der Waals surface area contributed by atoms with E-state index in [0.717, 1.165) is 0 Å². The number of carbonyl (C=O) groups excluding carboxylic acids is 1. The molecule has 0 bridgehead atoms. The van der Waals surface area contributed by atoms with Crippen molar-refractivity contribution in [2.24, 2.45) is 0 Å². The third kappa shape index (κ3) is 3.18. The summed E-state index contributed by atoms with van der Waals surface area (Å²) >= 11 is 17.9. The van der Waals surface area contributed by atoms with Crippen LogP contribution in [0.15, 0.2) is 30.3 Å². The van der Waals surface area contributed by atoms with E-state index in [4.69, 9.17) is 40.5 Å². The number of ketones is 1. The molecule has 0 saturated carbocycles. The van der Waals surface area contributed by atoms with Crippen molar-refractivity contribution in [1.29, 1.82) is 0 Å². The van der Waals surface area contributed by atoms with Gasteiger partial charge in [-0.3, -0.25) is 4.79 Å². The molecule has 0 aliphatic rings. The van der Waals surface area contributed by atoms with Crippen molar-refractivity contribution >= 4 is 57.6 Å². The number of hydrogen-bond donors (Lipinski definition) is 2. The van der Waals surface area contributed by atoms with Gasteiger partial charge in [0.25, 0.3) is 0 Å². The van der Waals surface area contributed by atoms with Gasteiger partial charge in [-0.05, 0) is 37.3 Å². The zero-order chi connectivity index (χ0) is 14.9. The largest absolute Gasteiger partial charge is 0.398 e. The van der Waals surface area contributed by atoms with Gasteiger partial charge in [0.1, 0.15) is 0 Å². The van der Waals surface area contributed by atoms with Crippen LogP contribution < -0.4 is 11.1 Å². The van der Waals surface area contributed by atoms with E-state index in [1.807, 2.05) is 0 Å². The molecule has 3 N–H and O–H groups in total. The Morgan fingerprint density at radius 3 is 2.30 bits per heavy atom. The Labute approximate surface area is 131 Å². The third-order valence-electron chi connectivity index (χ3n) is 2.72. The standard InChI is InChI=1S/C14H11Cl3N2O/c1-7(20)9-3-2-8(4-13(9)18)19-14-6-11(16)10(15)5-12(14)17/h2-6,19H,18H2,1H3. The molecule has 0 aliphatic carbocycles. The second-order valence-corrected chi connectivity index (χ2v) is 5.45. The van der Waals surface area contributed by atoms with Gasteiger partial charge in [0.05, 0.1) is 20.8 Å². The molecule has 104 valence electrons. The van der Waals surface area contributed by atoms with Crippen LogP contribution in [0.25, 0.3) is 0 Å². The normalized spacial score (nSPS) is 10.4. The molecule has 0 heterocycles. The molecule has 6 heteroatoms. The number of halogens is 3. The summed E-state index contributed by atoms with van der Waals surface area (Å²) in [5.74, 6) is -0.0818. The van der Waals surface area contributed by atoms with Crippen LogP contribution in [0.2, 0.25) is 15.1 Å². The quantitative estimate of drug-likeness (QED) is 0.464. The van der Waals surface area contributed by atoms with Crippen LogP contribution in [0.1, 0.15) is 17.3 Å². The fraction of sp³-hybridized carbons (Fsp3) is 0.0714. The Bertz CT molecular complexity index is 686. The van der Waals surface area contributed by atoms with Crippen LogP contribution in [0.5, 0.6) is 0 Å². The lowest BCUT2D eigenvalue weighted by molar-refractivity contribution is 0.101. The molecule has 2 aromatic carbocycles. The van der Waals surface area contributed by atoms with Gasteiger partial charge in [0.15, 0.2) is 5.78 Å². The van der Waals surface area contributed by atoms with Crippen molar-refractivity contribution in [1.82, 2.24) is 0 Å². The maximum atomic E-state index is 11.3. The Morgan fingerprint density at radius 2 is 1.70 bits per heavy atom. The van der Waals surface area contributed by atoms with E-state index in [1.54, 1.807) is 30.3 Å². The van der Waals surface area contributed by atoms with Crippen LogP contribution in [-0.4, -0.2) is 5.78 Å². The van der Waals surface area contributed by atoms with Crippen LogP contribution in [-0.2, 0) is 0 Å². The lowest BCUT2D eigenvalue weighted by Gasteiger charge is -2.11. The molecular formula is C14H11Cl3N2O. The van der Waals surface area contributed by atoms with Crippen molar-refractivity contribution in [3.05, 3.63) is 51.0 Å². The first kappa shape index (κ1) is 15.0. The van der Waals surface area contributed by atoms with Crippen molar-refractivity contribution in [3.8, 4) is 0 Å². The Kier molecular flexibility index (Phi) is 4.43. The molecule has 0 amide bonds. The monoisotopic (exact) mass is 328 g/mol. The first-order valence-corrected chi connectivity index (χ1v) is 6.84. The second-order valence-electron chi connectivity index (χ2n) is 4.23. The smallest absolute Gasteiger partial charge is 0.161 e. The molecule has 20 heavy (non-hydrogen) atoms. The number of nitrogens with two attached hydrogens (primary N) is 1. The van der Waals surface area contributed by atoms with Gasteiger partial charge in [-0.15, -0.1) is 0 Å². The minimum Gasteiger partial charge on any atom is -0.398 e. The lowest BCUT2D eigenvalue weighted by Crippen LogP contribution is -2.01. The lowest BCUT2D eigenvalue weighted by atomic mass is 10.1. The molecule has 0 atom stereocenters. The van der Waals surface area contributed by atoms with Gasteiger partial charge >= 0.3 is 0 Å². The molecule has 3 nitrogen and oxygen atoms in total.